The zero-order valence-corrected chi connectivity index (χ0v) is 14.1. The molecule has 1 rings (SSSR count). The number of para-hydroxylation sites is 1. The first-order valence-electron chi connectivity index (χ1n) is 7.62. The van der Waals surface area contributed by atoms with Gasteiger partial charge in [-0.15, -0.1) is 6.58 Å². The Hall–Kier alpha value is -2.30. The van der Waals surface area contributed by atoms with Gasteiger partial charge in [-0.3, -0.25) is 9.59 Å². The van der Waals surface area contributed by atoms with E-state index in [1.54, 1.807) is 26.8 Å². The van der Waals surface area contributed by atoms with Gasteiger partial charge in [-0.25, -0.2) is 0 Å². The summed E-state index contributed by atoms with van der Waals surface area (Å²) < 4.78 is 10.8. The zero-order valence-electron chi connectivity index (χ0n) is 14.1. The third kappa shape index (κ3) is 8.04. The molecule has 5 heteroatoms. The van der Waals surface area contributed by atoms with Crippen LogP contribution in [0.25, 0.3) is 0 Å². The second-order valence-electron chi connectivity index (χ2n) is 6.07. The van der Waals surface area contributed by atoms with Crippen LogP contribution < -0.4 is 10.1 Å². The van der Waals surface area contributed by atoms with Gasteiger partial charge in [0.2, 0.25) is 5.91 Å². The molecule has 0 saturated heterocycles. The second-order valence-corrected chi connectivity index (χ2v) is 6.07. The first-order chi connectivity index (χ1) is 10.8. The van der Waals surface area contributed by atoms with Crippen molar-refractivity contribution in [2.24, 2.45) is 0 Å². The smallest absolute Gasteiger partial charge is 0.325 e. The van der Waals surface area contributed by atoms with Crippen LogP contribution in [0.1, 0.15) is 32.8 Å². The van der Waals surface area contributed by atoms with Crippen LogP contribution in [0, 0.1) is 0 Å². The number of amides is 1. The van der Waals surface area contributed by atoms with Crippen molar-refractivity contribution >= 4 is 11.9 Å². The van der Waals surface area contributed by atoms with E-state index in [0.717, 1.165) is 12.0 Å². The SMILES string of the molecule is C=CCCOc1ccccc1CC(=O)NCC(=O)OC(C)(C)C. The van der Waals surface area contributed by atoms with Gasteiger partial charge in [-0.1, -0.05) is 24.3 Å². The molecular weight excluding hydrogens is 294 g/mol. The maximum atomic E-state index is 12.0. The molecule has 1 aromatic carbocycles. The van der Waals surface area contributed by atoms with E-state index in [2.05, 4.69) is 11.9 Å². The molecule has 5 nitrogen and oxygen atoms in total. The van der Waals surface area contributed by atoms with Gasteiger partial charge in [-0.2, -0.15) is 0 Å². The first-order valence-corrected chi connectivity index (χ1v) is 7.62. The Bertz CT molecular complexity index is 546. The first kappa shape index (κ1) is 18.7. The standard InChI is InChI=1S/C18H25NO4/c1-5-6-11-22-15-10-8-7-9-14(15)12-16(20)19-13-17(21)23-18(2,3)4/h5,7-10H,1,6,11-13H2,2-4H3,(H,19,20). The maximum Gasteiger partial charge on any atom is 0.325 e. The van der Waals surface area contributed by atoms with Gasteiger partial charge in [0, 0.05) is 5.56 Å². The van der Waals surface area contributed by atoms with E-state index < -0.39 is 11.6 Å². The van der Waals surface area contributed by atoms with Crippen LogP contribution in [-0.4, -0.2) is 30.6 Å². The molecular formula is C18H25NO4. The molecule has 23 heavy (non-hydrogen) atoms. The minimum atomic E-state index is -0.562. The van der Waals surface area contributed by atoms with Crippen LogP contribution in [-0.2, 0) is 20.7 Å². The molecule has 0 unspecified atom stereocenters. The third-order valence-corrected chi connectivity index (χ3v) is 2.75. The van der Waals surface area contributed by atoms with Crippen LogP contribution in [0.3, 0.4) is 0 Å². The highest BCUT2D eigenvalue weighted by molar-refractivity contribution is 5.83. The Kier molecular flexibility index (Phi) is 7.32. The van der Waals surface area contributed by atoms with Crippen LogP contribution in [0.4, 0.5) is 0 Å². The molecule has 1 amide bonds. The van der Waals surface area contributed by atoms with Gasteiger partial charge in [0.1, 0.15) is 17.9 Å². The van der Waals surface area contributed by atoms with Crippen molar-refractivity contribution in [1.29, 1.82) is 0 Å². The van der Waals surface area contributed by atoms with Crippen molar-refractivity contribution in [2.75, 3.05) is 13.2 Å². The Balaban J connectivity index is 2.51. The van der Waals surface area contributed by atoms with Gasteiger partial charge in [0.05, 0.1) is 13.0 Å². The molecule has 0 bridgehead atoms. The molecule has 126 valence electrons. The molecule has 0 aliphatic heterocycles. The molecule has 0 radical (unpaired) electrons. The number of esters is 1. The van der Waals surface area contributed by atoms with E-state index >= 15 is 0 Å². The van der Waals surface area contributed by atoms with Gasteiger partial charge in [0.15, 0.2) is 0 Å². The summed E-state index contributed by atoms with van der Waals surface area (Å²) in [5.74, 6) is -0.0428. The lowest BCUT2D eigenvalue weighted by Gasteiger charge is -2.19. The third-order valence-electron chi connectivity index (χ3n) is 2.75. The average molecular weight is 319 g/mol. The molecule has 1 aromatic rings. The Morgan fingerprint density at radius 3 is 2.61 bits per heavy atom. The van der Waals surface area contributed by atoms with Crippen molar-refractivity contribution in [2.45, 2.75) is 39.2 Å². The number of benzene rings is 1. The summed E-state index contributed by atoms with van der Waals surface area (Å²) in [5.41, 5.74) is 0.214. The number of hydrogen-bond acceptors (Lipinski definition) is 4. The fourth-order valence-corrected chi connectivity index (χ4v) is 1.83. The highest BCUT2D eigenvalue weighted by Crippen LogP contribution is 2.18. The molecule has 0 aromatic heterocycles. The second kappa shape index (κ2) is 8.98. The minimum Gasteiger partial charge on any atom is -0.493 e. The van der Waals surface area contributed by atoms with E-state index in [1.807, 2.05) is 24.3 Å². The predicted octanol–water partition coefficient (Wildman–Crippen LogP) is 2.64. The number of carbonyl (C=O) groups is 2. The molecule has 1 N–H and O–H groups in total. The van der Waals surface area contributed by atoms with E-state index in [0.29, 0.717) is 12.4 Å². The lowest BCUT2D eigenvalue weighted by Crippen LogP contribution is -2.35. The Morgan fingerprint density at radius 2 is 1.96 bits per heavy atom. The Morgan fingerprint density at radius 1 is 1.26 bits per heavy atom. The van der Waals surface area contributed by atoms with Crippen LogP contribution >= 0.6 is 0 Å². The van der Waals surface area contributed by atoms with Crippen molar-refractivity contribution in [1.82, 2.24) is 5.32 Å². The summed E-state index contributed by atoms with van der Waals surface area (Å²) in [6.07, 6.45) is 2.66. The molecule has 0 saturated carbocycles. The topological polar surface area (TPSA) is 64.6 Å². The number of ether oxygens (including phenoxy) is 2. The summed E-state index contributed by atoms with van der Waals surface area (Å²) in [6.45, 7) is 9.36. The van der Waals surface area contributed by atoms with Crippen molar-refractivity contribution in [3.05, 3.63) is 42.5 Å². The van der Waals surface area contributed by atoms with Gasteiger partial charge in [0.25, 0.3) is 0 Å². The largest absolute Gasteiger partial charge is 0.493 e. The molecule has 0 spiro atoms. The monoisotopic (exact) mass is 319 g/mol. The molecule has 0 atom stereocenters. The average Bonchev–Trinajstić information content (AvgIpc) is 2.45. The van der Waals surface area contributed by atoms with Gasteiger partial charge < -0.3 is 14.8 Å². The fourth-order valence-electron chi connectivity index (χ4n) is 1.83. The molecule has 0 heterocycles. The van der Waals surface area contributed by atoms with Crippen molar-refractivity contribution < 1.29 is 19.1 Å². The van der Waals surface area contributed by atoms with Gasteiger partial charge in [-0.05, 0) is 33.3 Å². The maximum absolute atomic E-state index is 12.0. The van der Waals surface area contributed by atoms with E-state index in [1.165, 1.54) is 0 Å². The van der Waals surface area contributed by atoms with Gasteiger partial charge >= 0.3 is 5.97 Å². The van der Waals surface area contributed by atoms with Crippen LogP contribution in [0.5, 0.6) is 5.75 Å². The van der Waals surface area contributed by atoms with Crippen LogP contribution in [0.2, 0.25) is 0 Å². The van der Waals surface area contributed by atoms with Crippen LogP contribution in [0.15, 0.2) is 36.9 Å². The molecule has 0 aliphatic carbocycles. The highest BCUT2D eigenvalue weighted by Gasteiger charge is 2.17. The fraction of sp³-hybridized carbons (Fsp3) is 0.444. The summed E-state index contributed by atoms with van der Waals surface area (Å²) in [5, 5.41) is 2.56. The van der Waals surface area contributed by atoms with E-state index in [-0.39, 0.29) is 18.9 Å². The normalized spacial score (nSPS) is 10.7. The van der Waals surface area contributed by atoms with E-state index in [9.17, 15) is 9.59 Å². The molecule has 0 aliphatic rings. The number of hydrogen-bond donors (Lipinski definition) is 1. The van der Waals surface area contributed by atoms with Crippen molar-refractivity contribution in [3.8, 4) is 5.75 Å². The molecule has 0 fully saturated rings. The summed E-state index contributed by atoms with van der Waals surface area (Å²) in [7, 11) is 0. The zero-order chi connectivity index (χ0) is 17.3. The number of carbonyl (C=O) groups excluding carboxylic acids is 2. The Labute approximate surface area is 137 Å². The quantitative estimate of drug-likeness (QED) is 0.454. The van der Waals surface area contributed by atoms with Crippen molar-refractivity contribution in [3.63, 3.8) is 0 Å². The lowest BCUT2D eigenvalue weighted by molar-refractivity contribution is -0.154. The number of nitrogens with one attached hydrogen (secondary N) is 1. The van der Waals surface area contributed by atoms with E-state index in [4.69, 9.17) is 9.47 Å². The summed E-state index contributed by atoms with van der Waals surface area (Å²) in [4.78, 5) is 23.6. The summed E-state index contributed by atoms with van der Waals surface area (Å²) in [6, 6.07) is 7.35. The predicted molar refractivity (Wildman–Crippen MR) is 89.3 cm³/mol. The lowest BCUT2D eigenvalue weighted by atomic mass is 10.1. The summed E-state index contributed by atoms with van der Waals surface area (Å²) >= 11 is 0. The minimum absolute atomic E-state index is 0.143. The number of rotatable bonds is 8. The highest BCUT2D eigenvalue weighted by atomic mass is 16.6.